The number of thioether (sulfide) groups is 3. The van der Waals surface area contributed by atoms with E-state index >= 15 is 0 Å². The van der Waals surface area contributed by atoms with E-state index in [1.54, 1.807) is 5.38 Å². The van der Waals surface area contributed by atoms with Crippen LogP contribution in [0.4, 0.5) is 5.13 Å². The van der Waals surface area contributed by atoms with Crippen LogP contribution in [0.3, 0.4) is 0 Å². The van der Waals surface area contributed by atoms with Gasteiger partial charge < -0.3 is 15.8 Å². The minimum atomic E-state index is -0.886. The summed E-state index contributed by atoms with van der Waals surface area (Å²) in [5.41, 5.74) is 9.75. The van der Waals surface area contributed by atoms with Gasteiger partial charge in [0.25, 0.3) is 11.8 Å². The summed E-state index contributed by atoms with van der Waals surface area (Å²) in [6.45, 7) is 0. The van der Waals surface area contributed by atoms with Gasteiger partial charge in [0, 0.05) is 22.4 Å². The largest absolute Gasteiger partial charge is 0.448 e. The molecule has 0 saturated carbocycles. The summed E-state index contributed by atoms with van der Waals surface area (Å²) in [5, 5.41) is 12.5. The molecule has 0 bridgehead atoms. The van der Waals surface area contributed by atoms with Gasteiger partial charge in [-0.1, -0.05) is 107 Å². The van der Waals surface area contributed by atoms with Gasteiger partial charge in [-0.3, -0.25) is 14.5 Å². The summed E-state index contributed by atoms with van der Waals surface area (Å²) in [4.78, 5) is 46.7. The molecule has 236 valence electrons. The molecule has 2 aliphatic heterocycles. The van der Waals surface area contributed by atoms with E-state index in [2.05, 4.69) is 20.5 Å². The first kappa shape index (κ1) is 32.6. The Morgan fingerprint density at radius 3 is 2.39 bits per heavy atom. The first-order valence-electron chi connectivity index (χ1n) is 13.7. The average Bonchev–Trinajstić information content (AvgIpc) is 3.74. The van der Waals surface area contributed by atoms with Crippen molar-refractivity contribution >= 4 is 98.0 Å². The second-order valence-corrected chi connectivity index (χ2v) is 15.3. The Morgan fingerprint density at radius 2 is 1.80 bits per heavy atom. The normalized spacial score (nSPS) is 17.9. The summed E-state index contributed by atoms with van der Waals surface area (Å²) >= 11 is 13.0. The van der Waals surface area contributed by atoms with Crippen LogP contribution in [0, 0.1) is 0 Å². The predicted molar refractivity (Wildman–Crippen MR) is 186 cm³/mol. The van der Waals surface area contributed by atoms with Crippen LogP contribution < -0.4 is 11.1 Å². The molecular formula is C30H25ClN6O4S5. The fourth-order valence-electron chi connectivity index (χ4n) is 4.87. The summed E-state index contributed by atoms with van der Waals surface area (Å²) < 4.78 is 7.82. The molecule has 0 radical (unpaired) electrons. The summed E-state index contributed by atoms with van der Waals surface area (Å²) in [6, 6.07) is 18.0. The maximum absolute atomic E-state index is 14.2. The zero-order valence-electron chi connectivity index (χ0n) is 24.0. The number of amides is 2. The molecule has 46 heavy (non-hydrogen) atoms. The van der Waals surface area contributed by atoms with Crippen LogP contribution in [0.15, 0.2) is 91.5 Å². The lowest BCUT2D eigenvalue weighted by Crippen LogP contribution is -2.70. The molecule has 1 unspecified atom stereocenters. The first-order valence-corrected chi connectivity index (χ1v) is 19.1. The molecule has 4 heterocycles. The van der Waals surface area contributed by atoms with Crippen molar-refractivity contribution in [2.45, 2.75) is 26.2 Å². The maximum atomic E-state index is 14.2. The van der Waals surface area contributed by atoms with Gasteiger partial charge in [-0.05, 0) is 23.0 Å². The van der Waals surface area contributed by atoms with E-state index in [9.17, 15) is 14.4 Å². The van der Waals surface area contributed by atoms with Crippen molar-refractivity contribution in [1.29, 1.82) is 0 Å². The number of esters is 1. The van der Waals surface area contributed by atoms with Crippen molar-refractivity contribution in [2.24, 2.45) is 0 Å². The quantitative estimate of drug-likeness (QED) is 0.0856. The molecule has 1 fully saturated rings. The highest BCUT2D eigenvalue weighted by Gasteiger charge is 2.54. The van der Waals surface area contributed by atoms with E-state index in [0.717, 1.165) is 30.9 Å². The molecule has 1 saturated heterocycles. The van der Waals surface area contributed by atoms with E-state index in [1.807, 2.05) is 66.9 Å². The fourth-order valence-corrected chi connectivity index (χ4v) is 9.57. The number of rotatable bonds is 11. The van der Waals surface area contributed by atoms with Gasteiger partial charge in [0.15, 0.2) is 19.9 Å². The van der Waals surface area contributed by atoms with E-state index < -0.39 is 35.3 Å². The van der Waals surface area contributed by atoms with Crippen LogP contribution in [0.25, 0.3) is 5.57 Å². The number of thiazole rings is 1. The van der Waals surface area contributed by atoms with E-state index in [0.29, 0.717) is 17.2 Å². The topological polar surface area (TPSA) is 140 Å². The standard InChI is InChI=1S/C30H25ClN6O4S5/c1-42-29-35-36-30(46-29)45-14-18-13-43-26-21(34-24(38)19(12-31)20-15-44-28(32)33-20)25(39)37(26)22(18)27(40)41-23(16-8-4-2-5-9-16)17-10-6-3-7-11-17/h2-12,15,21,23,26H,13-14H2,1H3,(H2,32,33)(H,34,38)/t21?,26-/m0/s1. The molecule has 2 amide bonds. The predicted octanol–water partition coefficient (Wildman–Crippen LogP) is 5.66. The van der Waals surface area contributed by atoms with Gasteiger partial charge in [-0.25, -0.2) is 9.78 Å². The van der Waals surface area contributed by atoms with Crippen molar-refractivity contribution in [3.05, 3.63) is 99.7 Å². The number of aromatic nitrogens is 3. The van der Waals surface area contributed by atoms with Crippen LogP contribution in [-0.2, 0) is 19.1 Å². The molecule has 2 aliphatic rings. The Kier molecular flexibility index (Phi) is 10.4. The number of fused-ring (bicyclic) bond motifs is 1. The number of benzene rings is 2. The summed E-state index contributed by atoms with van der Waals surface area (Å²) in [5.74, 6) is -0.780. The Balaban J connectivity index is 1.28. The van der Waals surface area contributed by atoms with E-state index in [1.165, 1.54) is 62.9 Å². The van der Waals surface area contributed by atoms with Crippen molar-refractivity contribution < 1.29 is 19.1 Å². The number of nitrogen functional groups attached to an aromatic ring is 1. The number of anilines is 1. The fraction of sp³-hybridized carbons (Fsp3) is 0.200. The SMILES string of the molecule is CSc1nnc(SCC2=C(C(=O)OC(c3ccccc3)c3ccccc3)N3C(=O)C(NC(=O)C(=CCl)c4csc(N)n4)[C@@H]3SC2)s1. The number of β-lactam (4-membered cyclic amide) rings is 1. The lowest BCUT2D eigenvalue weighted by molar-refractivity contribution is -0.154. The number of hydrogen-bond acceptors (Lipinski definition) is 13. The van der Waals surface area contributed by atoms with Crippen LogP contribution in [0.2, 0.25) is 0 Å². The molecule has 16 heteroatoms. The summed E-state index contributed by atoms with van der Waals surface area (Å²) in [7, 11) is 0. The molecule has 3 N–H and O–H groups in total. The van der Waals surface area contributed by atoms with Gasteiger partial charge in [-0.2, -0.15) is 0 Å². The van der Waals surface area contributed by atoms with Crippen LogP contribution in [0.5, 0.6) is 0 Å². The van der Waals surface area contributed by atoms with Crippen LogP contribution in [0.1, 0.15) is 22.9 Å². The molecule has 0 aliphatic carbocycles. The van der Waals surface area contributed by atoms with Crippen molar-refractivity contribution in [3.63, 3.8) is 0 Å². The molecular weight excluding hydrogens is 704 g/mol. The smallest absolute Gasteiger partial charge is 0.356 e. The van der Waals surface area contributed by atoms with Gasteiger partial charge in [0.2, 0.25) is 0 Å². The van der Waals surface area contributed by atoms with Gasteiger partial charge >= 0.3 is 5.97 Å². The average molecular weight is 729 g/mol. The number of hydrogen-bond donors (Lipinski definition) is 2. The van der Waals surface area contributed by atoms with Gasteiger partial charge in [-0.15, -0.1) is 33.3 Å². The first-order chi connectivity index (χ1) is 22.4. The number of nitrogens with two attached hydrogens (primary N) is 1. The lowest BCUT2D eigenvalue weighted by Gasteiger charge is -2.49. The van der Waals surface area contributed by atoms with Crippen molar-refractivity contribution in [1.82, 2.24) is 25.4 Å². The number of nitrogens with one attached hydrogen (secondary N) is 1. The van der Waals surface area contributed by atoms with E-state index in [-0.39, 0.29) is 16.4 Å². The number of carbonyl (C=O) groups is 3. The number of halogens is 1. The minimum absolute atomic E-state index is 0.0872. The van der Waals surface area contributed by atoms with Gasteiger partial charge in [0.1, 0.15) is 17.1 Å². The van der Waals surface area contributed by atoms with Crippen molar-refractivity contribution in [3.8, 4) is 0 Å². The zero-order chi connectivity index (χ0) is 32.2. The second-order valence-electron chi connectivity index (χ2n) is 9.84. The third-order valence-corrected chi connectivity index (χ3v) is 12.4. The minimum Gasteiger partial charge on any atom is -0.448 e. The summed E-state index contributed by atoms with van der Waals surface area (Å²) in [6.07, 6.45) is 1.23. The Hall–Kier alpha value is -3.34. The molecule has 4 aromatic rings. The highest BCUT2D eigenvalue weighted by atomic mass is 35.5. The Labute approximate surface area is 290 Å². The maximum Gasteiger partial charge on any atom is 0.356 e. The monoisotopic (exact) mass is 728 g/mol. The zero-order valence-corrected chi connectivity index (χ0v) is 28.8. The molecule has 2 aromatic carbocycles. The third-order valence-electron chi connectivity index (χ3n) is 7.04. The number of nitrogens with zero attached hydrogens (tertiary/aromatic N) is 4. The third kappa shape index (κ3) is 6.85. The molecule has 10 nitrogen and oxygen atoms in total. The van der Waals surface area contributed by atoms with Crippen LogP contribution in [-0.4, -0.2) is 67.0 Å². The second kappa shape index (κ2) is 14.6. The highest BCUT2D eigenvalue weighted by Crippen LogP contribution is 2.43. The Morgan fingerprint density at radius 1 is 1.13 bits per heavy atom. The molecule has 6 rings (SSSR count). The Bertz CT molecular complexity index is 1780. The molecule has 2 atom stereocenters. The lowest BCUT2D eigenvalue weighted by atomic mass is 10.0. The van der Waals surface area contributed by atoms with Crippen molar-refractivity contribution in [2.75, 3.05) is 23.5 Å². The molecule has 2 aromatic heterocycles. The van der Waals surface area contributed by atoms with Crippen LogP contribution >= 0.6 is 69.6 Å². The van der Waals surface area contributed by atoms with Gasteiger partial charge in [0.05, 0.1) is 11.3 Å². The number of carbonyl (C=O) groups excluding carboxylic acids is 3. The molecule has 0 spiro atoms. The highest BCUT2D eigenvalue weighted by molar-refractivity contribution is 8.03. The van der Waals surface area contributed by atoms with E-state index in [4.69, 9.17) is 22.1 Å². The number of ether oxygens (including phenoxy) is 1.